The molecular formula is C19H28N2O3. The first-order valence-electron chi connectivity index (χ1n) is 8.72. The molecule has 1 atom stereocenters. The Morgan fingerprint density at radius 1 is 1.21 bits per heavy atom. The largest absolute Gasteiger partial charge is 0.457 e. The lowest BCUT2D eigenvalue weighted by atomic mass is 9.95. The fraction of sp³-hybridized carbons (Fsp3) is 0.632. The van der Waals surface area contributed by atoms with Gasteiger partial charge < -0.3 is 9.84 Å². The van der Waals surface area contributed by atoms with E-state index in [2.05, 4.69) is 30.6 Å². The molecule has 2 aliphatic rings. The van der Waals surface area contributed by atoms with Crippen molar-refractivity contribution in [1.29, 1.82) is 0 Å². The van der Waals surface area contributed by atoms with Crippen molar-refractivity contribution in [2.75, 3.05) is 32.7 Å². The Morgan fingerprint density at radius 3 is 2.50 bits per heavy atom. The van der Waals surface area contributed by atoms with Crippen LogP contribution in [0.1, 0.15) is 53.9 Å². The highest BCUT2D eigenvalue weighted by atomic mass is 16.5. The monoisotopic (exact) mass is 332 g/mol. The molecule has 0 aromatic heterocycles. The van der Waals surface area contributed by atoms with Crippen LogP contribution >= 0.6 is 0 Å². The summed E-state index contributed by atoms with van der Waals surface area (Å²) >= 11 is 0. The van der Waals surface area contributed by atoms with Gasteiger partial charge >= 0.3 is 5.97 Å². The summed E-state index contributed by atoms with van der Waals surface area (Å²) in [5.74, 6) is -0.257. The van der Waals surface area contributed by atoms with Crippen molar-refractivity contribution in [2.45, 2.75) is 45.9 Å². The lowest BCUT2D eigenvalue weighted by Gasteiger charge is -2.42. The first-order valence-corrected chi connectivity index (χ1v) is 8.72. The highest BCUT2D eigenvalue weighted by Gasteiger charge is 2.29. The highest BCUT2D eigenvalue weighted by Crippen LogP contribution is 2.29. The number of benzene rings is 1. The molecule has 3 rings (SSSR count). The maximum absolute atomic E-state index is 11.6. The Kier molecular flexibility index (Phi) is 4.69. The number of hydrogen-bond donors (Lipinski definition) is 1. The van der Waals surface area contributed by atoms with E-state index in [9.17, 15) is 9.90 Å². The smallest absolute Gasteiger partial charge is 0.338 e. The quantitative estimate of drug-likeness (QED) is 0.859. The normalized spacial score (nSPS) is 20.8. The van der Waals surface area contributed by atoms with Gasteiger partial charge in [-0.15, -0.1) is 0 Å². The number of nitrogens with zero attached hydrogens (tertiary/aromatic N) is 2. The van der Waals surface area contributed by atoms with Crippen LogP contribution in [0.2, 0.25) is 0 Å². The SMILES string of the molecule is Cc1c(C(O)CN2CCN(C(C)(C)C)CC2)ccc2c1COC2=O. The van der Waals surface area contributed by atoms with Gasteiger partial charge in [0.15, 0.2) is 0 Å². The first-order chi connectivity index (χ1) is 11.3. The molecule has 0 amide bonds. The lowest BCUT2D eigenvalue weighted by molar-refractivity contribution is 0.0361. The summed E-state index contributed by atoms with van der Waals surface area (Å²) in [6.07, 6.45) is -0.535. The fourth-order valence-corrected chi connectivity index (χ4v) is 3.67. The van der Waals surface area contributed by atoms with Crippen LogP contribution in [0.25, 0.3) is 0 Å². The van der Waals surface area contributed by atoms with E-state index in [0.717, 1.165) is 42.9 Å². The van der Waals surface area contributed by atoms with Crippen LogP contribution in [0.4, 0.5) is 0 Å². The fourth-order valence-electron chi connectivity index (χ4n) is 3.67. The summed E-state index contributed by atoms with van der Waals surface area (Å²) in [6, 6.07) is 3.66. The van der Waals surface area contributed by atoms with Crippen LogP contribution in [0.15, 0.2) is 12.1 Å². The van der Waals surface area contributed by atoms with Crippen molar-refractivity contribution in [3.63, 3.8) is 0 Å². The van der Waals surface area contributed by atoms with E-state index >= 15 is 0 Å². The second-order valence-electron chi connectivity index (χ2n) is 7.86. The number of cyclic esters (lactones) is 1. The van der Waals surface area contributed by atoms with Gasteiger partial charge in [0, 0.05) is 43.8 Å². The average Bonchev–Trinajstić information content (AvgIpc) is 2.89. The molecule has 0 radical (unpaired) electrons. The Hall–Kier alpha value is -1.43. The molecule has 0 bridgehead atoms. The van der Waals surface area contributed by atoms with Gasteiger partial charge in [-0.1, -0.05) is 6.07 Å². The molecule has 0 saturated carbocycles. The molecule has 5 heteroatoms. The van der Waals surface area contributed by atoms with Crippen LogP contribution in [0, 0.1) is 6.92 Å². The van der Waals surface area contributed by atoms with E-state index in [1.54, 1.807) is 6.07 Å². The summed E-state index contributed by atoms with van der Waals surface area (Å²) in [6.45, 7) is 13.7. The van der Waals surface area contributed by atoms with Crippen molar-refractivity contribution in [1.82, 2.24) is 9.80 Å². The van der Waals surface area contributed by atoms with Crippen LogP contribution in [-0.2, 0) is 11.3 Å². The van der Waals surface area contributed by atoms with Gasteiger partial charge in [0.25, 0.3) is 0 Å². The molecule has 0 spiro atoms. The Morgan fingerprint density at radius 2 is 1.88 bits per heavy atom. The second kappa shape index (κ2) is 6.47. The number of rotatable bonds is 3. The van der Waals surface area contributed by atoms with Crippen LogP contribution in [0.5, 0.6) is 0 Å². The van der Waals surface area contributed by atoms with Crippen LogP contribution in [-0.4, -0.2) is 59.1 Å². The molecular weight excluding hydrogens is 304 g/mol. The van der Waals surface area contributed by atoms with Crippen LogP contribution in [0.3, 0.4) is 0 Å². The number of esters is 1. The van der Waals surface area contributed by atoms with E-state index in [4.69, 9.17) is 4.74 Å². The number of carbonyl (C=O) groups excluding carboxylic acids is 1. The Balaban J connectivity index is 1.65. The van der Waals surface area contributed by atoms with Gasteiger partial charge in [0.1, 0.15) is 6.61 Å². The summed E-state index contributed by atoms with van der Waals surface area (Å²) < 4.78 is 5.10. The molecule has 1 N–H and O–H groups in total. The number of ether oxygens (including phenoxy) is 1. The number of fused-ring (bicyclic) bond motifs is 1. The maximum atomic E-state index is 11.6. The van der Waals surface area contributed by atoms with E-state index < -0.39 is 6.10 Å². The van der Waals surface area contributed by atoms with Gasteiger partial charge in [0.2, 0.25) is 0 Å². The van der Waals surface area contributed by atoms with Crippen molar-refractivity contribution in [2.24, 2.45) is 0 Å². The molecule has 2 heterocycles. The Labute approximate surface area is 144 Å². The van der Waals surface area contributed by atoms with E-state index in [-0.39, 0.29) is 11.5 Å². The van der Waals surface area contributed by atoms with Gasteiger partial charge in [-0.25, -0.2) is 4.79 Å². The number of hydrogen-bond acceptors (Lipinski definition) is 5. The van der Waals surface area contributed by atoms with Gasteiger partial charge in [-0.3, -0.25) is 9.80 Å². The number of aliphatic hydroxyl groups is 1. The third kappa shape index (κ3) is 3.34. The number of piperazine rings is 1. The highest BCUT2D eigenvalue weighted by molar-refractivity contribution is 5.93. The third-order valence-corrected chi connectivity index (χ3v) is 5.32. The van der Waals surface area contributed by atoms with Crippen molar-refractivity contribution < 1.29 is 14.6 Å². The molecule has 1 saturated heterocycles. The maximum Gasteiger partial charge on any atom is 0.338 e. The van der Waals surface area contributed by atoms with E-state index in [0.29, 0.717) is 18.7 Å². The van der Waals surface area contributed by atoms with Gasteiger partial charge in [0.05, 0.1) is 11.7 Å². The average molecular weight is 332 g/mol. The van der Waals surface area contributed by atoms with Crippen molar-refractivity contribution in [3.05, 3.63) is 34.4 Å². The molecule has 0 aliphatic carbocycles. The molecule has 5 nitrogen and oxygen atoms in total. The second-order valence-corrected chi connectivity index (χ2v) is 7.86. The van der Waals surface area contributed by atoms with Gasteiger partial charge in [-0.05, 0) is 44.9 Å². The number of aliphatic hydroxyl groups excluding tert-OH is 1. The number of carbonyl (C=O) groups is 1. The predicted octanol–water partition coefficient (Wildman–Crippen LogP) is 2.11. The molecule has 132 valence electrons. The third-order valence-electron chi connectivity index (χ3n) is 5.32. The standard InChI is InChI=1S/C19H28N2O3/c1-13-14(5-6-15-16(13)12-24-18(15)23)17(22)11-20-7-9-21(10-8-20)19(2,3)4/h5-6,17,22H,7-12H2,1-4H3. The van der Waals surface area contributed by atoms with Crippen LogP contribution < -0.4 is 0 Å². The summed E-state index contributed by atoms with van der Waals surface area (Å²) in [4.78, 5) is 16.4. The molecule has 24 heavy (non-hydrogen) atoms. The zero-order chi connectivity index (χ0) is 17.5. The van der Waals surface area contributed by atoms with E-state index in [1.807, 2.05) is 13.0 Å². The number of β-amino-alcohol motifs (C(OH)–C–C–N with tert-alkyl or cyclic N) is 1. The molecule has 1 fully saturated rings. The zero-order valence-corrected chi connectivity index (χ0v) is 15.1. The minimum atomic E-state index is -0.535. The van der Waals surface area contributed by atoms with E-state index in [1.165, 1.54) is 0 Å². The van der Waals surface area contributed by atoms with Gasteiger partial charge in [-0.2, -0.15) is 0 Å². The molecule has 1 aromatic carbocycles. The summed E-state index contributed by atoms with van der Waals surface area (Å²) in [7, 11) is 0. The minimum absolute atomic E-state index is 0.202. The topological polar surface area (TPSA) is 53.0 Å². The Bertz CT molecular complexity index is 628. The predicted molar refractivity (Wildman–Crippen MR) is 93.0 cm³/mol. The lowest BCUT2D eigenvalue weighted by Crippen LogP contribution is -2.53. The van der Waals surface area contributed by atoms with Crippen molar-refractivity contribution >= 4 is 5.97 Å². The zero-order valence-electron chi connectivity index (χ0n) is 15.1. The summed E-state index contributed by atoms with van der Waals surface area (Å²) in [5, 5.41) is 10.7. The van der Waals surface area contributed by atoms with Crippen molar-refractivity contribution in [3.8, 4) is 0 Å². The first kappa shape index (κ1) is 17.4. The molecule has 1 unspecified atom stereocenters. The summed E-state index contributed by atoms with van der Waals surface area (Å²) in [5.41, 5.74) is 3.66. The minimum Gasteiger partial charge on any atom is -0.457 e. The molecule has 2 aliphatic heterocycles. The molecule has 1 aromatic rings.